The molecule has 1 unspecified atom stereocenters. The van der Waals surface area contributed by atoms with Crippen LogP contribution in [-0.2, 0) is 6.42 Å². The monoisotopic (exact) mass is 295 g/mol. The molecule has 0 fully saturated rings. The zero-order valence-electron chi connectivity index (χ0n) is 11.2. The van der Waals surface area contributed by atoms with E-state index in [2.05, 4.69) is 5.32 Å². The number of halogens is 3. The summed E-state index contributed by atoms with van der Waals surface area (Å²) in [7, 11) is 0. The molecule has 0 heterocycles. The Labute approximate surface area is 122 Å². The van der Waals surface area contributed by atoms with E-state index in [9.17, 15) is 8.78 Å². The van der Waals surface area contributed by atoms with Crippen LogP contribution in [0.4, 0.5) is 8.78 Å². The van der Waals surface area contributed by atoms with Crippen LogP contribution in [0.3, 0.4) is 0 Å². The number of nitrogens with one attached hydrogen (secondary N) is 1. The van der Waals surface area contributed by atoms with Crippen LogP contribution in [0.5, 0.6) is 0 Å². The van der Waals surface area contributed by atoms with Crippen molar-refractivity contribution < 1.29 is 8.78 Å². The summed E-state index contributed by atoms with van der Waals surface area (Å²) in [5.41, 5.74) is 1.82. The predicted molar refractivity (Wildman–Crippen MR) is 77.9 cm³/mol. The van der Waals surface area contributed by atoms with Crippen LogP contribution in [0, 0.1) is 11.6 Å². The third-order valence-electron chi connectivity index (χ3n) is 3.15. The Bertz CT molecular complexity index is 569. The van der Waals surface area contributed by atoms with Crippen molar-refractivity contribution in [1.29, 1.82) is 0 Å². The van der Waals surface area contributed by atoms with Crippen molar-refractivity contribution >= 4 is 11.6 Å². The van der Waals surface area contributed by atoms with E-state index in [-0.39, 0.29) is 6.04 Å². The molecule has 106 valence electrons. The lowest BCUT2D eigenvalue weighted by molar-refractivity contribution is 0.497. The molecular weight excluding hydrogens is 280 g/mol. The summed E-state index contributed by atoms with van der Waals surface area (Å²) in [4.78, 5) is 0. The molecule has 0 amide bonds. The molecule has 2 aromatic rings. The van der Waals surface area contributed by atoms with Gasteiger partial charge in [0.25, 0.3) is 0 Å². The zero-order chi connectivity index (χ0) is 14.5. The van der Waals surface area contributed by atoms with Gasteiger partial charge >= 0.3 is 0 Å². The van der Waals surface area contributed by atoms with Crippen LogP contribution >= 0.6 is 11.6 Å². The molecule has 0 aromatic heterocycles. The van der Waals surface area contributed by atoms with Crippen LogP contribution in [0.1, 0.15) is 24.1 Å². The minimum atomic E-state index is -0.824. The lowest BCUT2D eigenvalue weighted by Crippen LogP contribution is -2.23. The van der Waals surface area contributed by atoms with Crippen molar-refractivity contribution in [3.8, 4) is 0 Å². The highest BCUT2D eigenvalue weighted by molar-refractivity contribution is 6.30. The summed E-state index contributed by atoms with van der Waals surface area (Å²) in [6.45, 7) is 2.73. The van der Waals surface area contributed by atoms with Crippen molar-refractivity contribution in [2.45, 2.75) is 19.4 Å². The van der Waals surface area contributed by atoms with E-state index >= 15 is 0 Å². The highest BCUT2D eigenvalue weighted by Crippen LogP contribution is 2.21. The van der Waals surface area contributed by atoms with Gasteiger partial charge in [-0.3, -0.25) is 0 Å². The van der Waals surface area contributed by atoms with Gasteiger partial charge in [-0.25, -0.2) is 8.78 Å². The predicted octanol–water partition coefficient (Wildman–Crippen LogP) is 4.51. The first-order valence-electron chi connectivity index (χ1n) is 6.53. The normalized spacial score (nSPS) is 12.4. The molecule has 0 spiro atoms. The Morgan fingerprint density at radius 3 is 2.35 bits per heavy atom. The summed E-state index contributed by atoms with van der Waals surface area (Å²) in [6.07, 6.45) is 0.691. The molecule has 0 saturated heterocycles. The van der Waals surface area contributed by atoms with Gasteiger partial charge in [-0.05, 0) is 48.4 Å². The number of likely N-dealkylation sites (N-methyl/N-ethyl adjacent to an activating group) is 1. The second kappa shape index (κ2) is 6.82. The molecule has 0 radical (unpaired) electrons. The highest BCUT2D eigenvalue weighted by atomic mass is 35.5. The first-order valence-corrected chi connectivity index (χ1v) is 6.90. The quantitative estimate of drug-likeness (QED) is 0.855. The Kier molecular flexibility index (Phi) is 5.10. The molecule has 0 aliphatic heterocycles. The Morgan fingerprint density at radius 1 is 1.05 bits per heavy atom. The lowest BCUT2D eigenvalue weighted by atomic mass is 9.98. The van der Waals surface area contributed by atoms with E-state index in [0.29, 0.717) is 11.4 Å². The highest BCUT2D eigenvalue weighted by Gasteiger charge is 2.13. The Morgan fingerprint density at radius 2 is 1.75 bits per heavy atom. The first kappa shape index (κ1) is 14.9. The standard InChI is InChI=1S/C16H16ClF2N/c1-2-20-16(9-11-3-6-13(17)7-4-11)12-5-8-14(18)15(19)10-12/h3-8,10,16,20H,2,9H2,1H3. The van der Waals surface area contributed by atoms with Gasteiger partial charge in [0.15, 0.2) is 11.6 Å². The van der Waals surface area contributed by atoms with Crippen molar-refractivity contribution in [2.75, 3.05) is 6.54 Å². The average Bonchev–Trinajstić information content (AvgIpc) is 2.44. The van der Waals surface area contributed by atoms with Crippen molar-refractivity contribution in [2.24, 2.45) is 0 Å². The third kappa shape index (κ3) is 3.78. The summed E-state index contributed by atoms with van der Waals surface area (Å²) < 4.78 is 26.4. The van der Waals surface area contributed by atoms with Gasteiger partial charge in [-0.2, -0.15) is 0 Å². The molecule has 4 heteroatoms. The molecule has 1 nitrogen and oxygen atoms in total. The van der Waals surface area contributed by atoms with Crippen molar-refractivity contribution in [1.82, 2.24) is 5.32 Å². The van der Waals surface area contributed by atoms with E-state index in [1.807, 2.05) is 31.2 Å². The summed E-state index contributed by atoms with van der Waals surface area (Å²) in [5, 5.41) is 3.97. The maximum Gasteiger partial charge on any atom is 0.159 e. The molecule has 20 heavy (non-hydrogen) atoms. The van der Waals surface area contributed by atoms with Crippen LogP contribution in [-0.4, -0.2) is 6.54 Å². The van der Waals surface area contributed by atoms with Crippen LogP contribution in [0.25, 0.3) is 0 Å². The topological polar surface area (TPSA) is 12.0 Å². The number of hydrogen-bond donors (Lipinski definition) is 1. The summed E-state index contributed by atoms with van der Waals surface area (Å²) in [5.74, 6) is -1.64. The van der Waals surface area contributed by atoms with Gasteiger partial charge < -0.3 is 5.32 Å². The fourth-order valence-corrected chi connectivity index (χ4v) is 2.27. The molecule has 0 bridgehead atoms. The van der Waals surface area contributed by atoms with E-state index in [1.54, 1.807) is 6.07 Å². The Balaban J connectivity index is 2.21. The van der Waals surface area contributed by atoms with E-state index in [1.165, 1.54) is 6.07 Å². The molecule has 1 atom stereocenters. The maximum absolute atomic E-state index is 13.4. The molecular formula is C16H16ClF2N. The molecule has 1 N–H and O–H groups in total. The second-order valence-corrected chi connectivity index (χ2v) is 5.05. The van der Waals surface area contributed by atoms with Crippen LogP contribution < -0.4 is 5.32 Å². The number of rotatable bonds is 5. The van der Waals surface area contributed by atoms with Gasteiger partial charge in [0.2, 0.25) is 0 Å². The largest absolute Gasteiger partial charge is 0.310 e. The van der Waals surface area contributed by atoms with E-state index < -0.39 is 11.6 Å². The van der Waals surface area contributed by atoms with E-state index in [0.717, 1.165) is 23.7 Å². The third-order valence-corrected chi connectivity index (χ3v) is 3.40. The molecule has 0 saturated carbocycles. The maximum atomic E-state index is 13.4. The first-order chi connectivity index (χ1) is 9.60. The molecule has 0 aliphatic rings. The van der Waals surface area contributed by atoms with E-state index in [4.69, 9.17) is 11.6 Å². The molecule has 0 aliphatic carbocycles. The van der Waals surface area contributed by atoms with Gasteiger partial charge in [0.1, 0.15) is 0 Å². The van der Waals surface area contributed by atoms with Crippen LogP contribution in [0.15, 0.2) is 42.5 Å². The van der Waals surface area contributed by atoms with Gasteiger partial charge in [-0.15, -0.1) is 0 Å². The van der Waals surface area contributed by atoms with Crippen molar-refractivity contribution in [3.05, 3.63) is 70.2 Å². The minimum absolute atomic E-state index is 0.0590. The number of hydrogen-bond acceptors (Lipinski definition) is 1. The zero-order valence-corrected chi connectivity index (χ0v) is 11.9. The van der Waals surface area contributed by atoms with Crippen molar-refractivity contribution in [3.63, 3.8) is 0 Å². The lowest BCUT2D eigenvalue weighted by Gasteiger charge is -2.19. The summed E-state index contributed by atoms with van der Waals surface area (Å²) in [6, 6.07) is 11.5. The summed E-state index contributed by atoms with van der Waals surface area (Å²) >= 11 is 5.86. The molecule has 2 rings (SSSR count). The SMILES string of the molecule is CCNC(Cc1ccc(Cl)cc1)c1ccc(F)c(F)c1. The smallest absolute Gasteiger partial charge is 0.159 e. The Hall–Kier alpha value is -1.45. The average molecular weight is 296 g/mol. The number of benzene rings is 2. The van der Waals surface area contributed by atoms with Gasteiger partial charge in [-0.1, -0.05) is 36.7 Å². The fraction of sp³-hybridized carbons (Fsp3) is 0.250. The second-order valence-electron chi connectivity index (χ2n) is 4.61. The van der Waals surface area contributed by atoms with Crippen LogP contribution in [0.2, 0.25) is 5.02 Å². The van der Waals surface area contributed by atoms with Gasteiger partial charge in [0.05, 0.1) is 0 Å². The van der Waals surface area contributed by atoms with Gasteiger partial charge in [0, 0.05) is 11.1 Å². The fourth-order valence-electron chi connectivity index (χ4n) is 2.14. The molecule has 2 aromatic carbocycles. The minimum Gasteiger partial charge on any atom is -0.310 e.